The van der Waals surface area contributed by atoms with Crippen molar-refractivity contribution in [3.05, 3.63) is 53.6 Å². The van der Waals surface area contributed by atoms with Gasteiger partial charge in [-0.1, -0.05) is 13.0 Å². The van der Waals surface area contributed by atoms with Gasteiger partial charge in [-0.05, 0) is 36.8 Å². The molecule has 1 atom stereocenters. The molecule has 0 aliphatic carbocycles. The average Bonchev–Trinajstić information content (AvgIpc) is 2.76. The van der Waals surface area contributed by atoms with Gasteiger partial charge < -0.3 is 24.3 Å². The lowest BCUT2D eigenvalue weighted by Crippen LogP contribution is -2.33. The van der Waals surface area contributed by atoms with Crippen molar-refractivity contribution in [2.45, 2.75) is 19.4 Å². The van der Waals surface area contributed by atoms with Crippen LogP contribution in [0.1, 0.15) is 34.1 Å². The summed E-state index contributed by atoms with van der Waals surface area (Å²) in [5.74, 6) is -0.683. The number of amides is 1. The SMILES string of the molecule is CCC(Oc1cccc(OC)c1)C(=O)Nc1cc(C(=O)OC)ccc1C(=O)OC. The van der Waals surface area contributed by atoms with Gasteiger partial charge in [0.1, 0.15) is 11.5 Å². The zero-order valence-corrected chi connectivity index (χ0v) is 16.7. The zero-order chi connectivity index (χ0) is 21.4. The van der Waals surface area contributed by atoms with E-state index in [1.165, 1.54) is 39.5 Å². The Morgan fingerprint density at radius 2 is 1.62 bits per heavy atom. The van der Waals surface area contributed by atoms with E-state index < -0.39 is 23.9 Å². The maximum Gasteiger partial charge on any atom is 0.339 e. The maximum atomic E-state index is 12.8. The van der Waals surface area contributed by atoms with Crippen LogP contribution in [0.2, 0.25) is 0 Å². The van der Waals surface area contributed by atoms with Crippen LogP contribution in [-0.4, -0.2) is 45.3 Å². The largest absolute Gasteiger partial charge is 0.497 e. The van der Waals surface area contributed by atoms with Gasteiger partial charge in [-0.3, -0.25) is 4.79 Å². The molecule has 154 valence electrons. The van der Waals surface area contributed by atoms with Crippen LogP contribution in [0.4, 0.5) is 5.69 Å². The van der Waals surface area contributed by atoms with Gasteiger partial charge in [-0.15, -0.1) is 0 Å². The predicted octanol–water partition coefficient (Wildman–Crippen LogP) is 3.06. The summed E-state index contributed by atoms with van der Waals surface area (Å²) < 4.78 is 20.3. The lowest BCUT2D eigenvalue weighted by atomic mass is 10.1. The second-order valence-corrected chi connectivity index (χ2v) is 5.93. The molecule has 0 radical (unpaired) electrons. The summed E-state index contributed by atoms with van der Waals surface area (Å²) in [7, 11) is 4.00. The first-order chi connectivity index (χ1) is 13.9. The minimum Gasteiger partial charge on any atom is -0.497 e. The average molecular weight is 401 g/mol. The summed E-state index contributed by atoms with van der Waals surface area (Å²) in [4.78, 5) is 36.6. The van der Waals surface area contributed by atoms with Crippen LogP contribution >= 0.6 is 0 Å². The van der Waals surface area contributed by atoms with Crippen molar-refractivity contribution in [2.75, 3.05) is 26.6 Å². The van der Waals surface area contributed by atoms with Gasteiger partial charge >= 0.3 is 11.9 Å². The summed E-state index contributed by atoms with van der Waals surface area (Å²) in [5.41, 5.74) is 0.402. The van der Waals surface area contributed by atoms with Gasteiger partial charge in [0.2, 0.25) is 0 Å². The zero-order valence-electron chi connectivity index (χ0n) is 16.7. The number of carbonyl (C=O) groups excluding carboxylic acids is 3. The maximum absolute atomic E-state index is 12.8. The topological polar surface area (TPSA) is 100 Å². The molecule has 2 rings (SSSR count). The number of methoxy groups -OCH3 is 3. The number of carbonyl (C=O) groups is 3. The first-order valence-electron chi connectivity index (χ1n) is 8.85. The number of hydrogen-bond acceptors (Lipinski definition) is 7. The van der Waals surface area contributed by atoms with Gasteiger partial charge in [0.15, 0.2) is 6.10 Å². The smallest absolute Gasteiger partial charge is 0.339 e. The van der Waals surface area contributed by atoms with E-state index in [1.54, 1.807) is 31.2 Å². The normalized spacial score (nSPS) is 11.2. The molecular weight excluding hydrogens is 378 g/mol. The molecule has 2 aromatic carbocycles. The molecule has 0 aliphatic heterocycles. The van der Waals surface area contributed by atoms with Crippen molar-refractivity contribution >= 4 is 23.5 Å². The second kappa shape index (κ2) is 10.1. The van der Waals surface area contributed by atoms with Gasteiger partial charge in [0, 0.05) is 6.07 Å². The van der Waals surface area contributed by atoms with Crippen LogP contribution in [0.3, 0.4) is 0 Å². The molecule has 8 heteroatoms. The van der Waals surface area contributed by atoms with E-state index >= 15 is 0 Å². The molecular formula is C21H23NO7. The van der Waals surface area contributed by atoms with Crippen molar-refractivity contribution < 1.29 is 33.3 Å². The molecule has 0 heterocycles. The van der Waals surface area contributed by atoms with Crippen LogP contribution in [0.5, 0.6) is 11.5 Å². The number of anilines is 1. The fraction of sp³-hybridized carbons (Fsp3) is 0.286. The molecule has 0 bridgehead atoms. The van der Waals surface area contributed by atoms with Crippen LogP contribution < -0.4 is 14.8 Å². The van der Waals surface area contributed by atoms with E-state index in [9.17, 15) is 14.4 Å². The molecule has 0 fully saturated rings. The second-order valence-electron chi connectivity index (χ2n) is 5.93. The summed E-state index contributed by atoms with van der Waals surface area (Å²) in [6.45, 7) is 1.79. The van der Waals surface area contributed by atoms with E-state index in [-0.39, 0.29) is 16.8 Å². The summed E-state index contributed by atoms with van der Waals surface area (Å²) in [6, 6.07) is 11.0. The molecule has 0 saturated heterocycles. The Bertz CT molecular complexity index is 894. The minimum absolute atomic E-state index is 0.102. The molecule has 2 aromatic rings. The Labute approximate surface area is 168 Å². The third-order valence-corrected chi connectivity index (χ3v) is 4.09. The highest BCUT2D eigenvalue weighted by molar-refractivity contribution is 6.04. The van der Waals surface area contributed by atoms with Crippen LogP contribution in [0, 0.1) is 0 Å². The number of ether oxygens (including phenoxy) is 4. The molecule has 0 saturated carbocycles. The lowest BCUT2D eigenvalue weighted by Gasteiger charge is -2.19. The summed E-state index contributed by atoms with van der Waals surface area (Å²) in [6.07, 6.45) is -0.470. The van der Waals surface area contributed by atoms with Crippen LogP contribution in [0.15, 0.2) is 42.5 Å². The number of hydrogen-bond donors (Lipinski definition) is 1. The van der Waals surface area contributed by atoms with E-state index in [0.717, 1.165) is 0 Å². The lowest BCUT2D eigenvalue weighted by molar-refractivity contribution is -0.122. The summed E-state index contributed by atoms with van der Waals surface area (Å²) >= 11 is 0. The van der Waals surface area contributed by atoms with Crippen molar-refractivity contribution in [2.24, 2.45) is 0 Å². The van der Waals surface area contributed by atoms with E-state index in [4.69, 9.17) is 14.2 Å². The summed E-state index contributed by atoms with van der Waals surface area (Å²) in [5, 5.41) is 2.64. The number of benzene rings is 2. The molecule has 0 aliphatic rings. The Balaban J connectivity index is 2.27. The van der Waals surface area contributed by atoms with Gasteiger partial charge in [-0.2, -0.15) is 0 Å². The quantitative estimate of drug-likeness (QED) is 0.679. The number of esters is 2. The number of nitrogens with one attached hydrogen (secondary N) is 1. The van der Waals surface area contributed by atoms with E-state index in [2.05, 4.69) is 10.1 Å². The first-order valence-corrected chi connectivity index (χ1v) is 8.85. The molecule has 0 aromatic heterocycles. The van der Waals surface area contributed by atoms with Gasteiger partial charge in [0.25, 0.3) is 5.91 Å². The van der Waals surface area contributed by atoms with Crippen LogP contribution in [0.25, 0.3) is 0 Å². The minimum atomic E-state index is -0.839. The highest BCUT2D eigenvalue weighted by atomic mass is 16.5. The van der Waals surface area contributed by atoms with Crippen molar-refractivity contribution in [3.8, 4) is 11.5 Å². The number of rotatable bonds is 8. The predicted molar refractivity (Wildman–Crippen MR) is 105 cm³/mol. The van der Waals surface area contributed by atoms with Crippen molar-refractivity contribution in [1.82, 2.24) is 0 Å². The molecule has 0 spiro atoms. The highest BCUT2D eigenvalue weighted by Crippen LogP contribution is 2.23. The Hall–Kier alpha value is -3.55. The third kappa shape index (κ3) is 5.47. The fourth-order valence-corrected chi connectivity index (χ4v) is 2.55. The first kappa shape index (κ1) is 21.7. The monoisotopic (exact) mass is 401 g/mol. The Morgan fingerprint density at radius 1 is 0.931 bits per heavy atom. The molecule has 8 nitrogen and oxygen atoms in total. The van der Waals surface area contributed by atoms with E-state index in [1.807, 2.05) is 0 Å². The molecule has 1 N–H and O–H groups in total. The third-order valence-electron chi connectivity index (χ3n) is 4.09. The van der Waals surface area contributed by atoms with E-state index in [0.29, 0.717) is 17.9 Å². The Morgan fingerprint density at radius 3 is 2.24 bits per heavy atom. The van der Waals surface area contributed by atoms with Gasteiger partial charge in [-0.25, -0.2) is 9.59 Å². The van der Waals surface area contributed by atoms with Gasteiger partial charge in [0.05, 0.1) is 38.1 Å². The van der Waals surface area contributed by atoms with Crippen molar-refractivity contribution in [1.29, 1.82) is 0 Å². The molecule has 1 unspecified atom stereocenters. The van der Waals surface area contributed by atoms with Crippen molar-refractivity contribution in [3.63, 3.8) is 0 Å². The van der Waals surface area contributed by atoms with Crippen LogP contribution in [-0.2, 0) is 14.3 Å². The highest BCUT2D eigenvalue weighted by Gasteiger charge is 2.23. The molecule has 1 amide bonds. The standard InChI is InChI=1S/C21H23NO7/c1-5-18(29-15-8-6-7-14(12-15)26-2)19(23)22-17-11-13(20(24)27-3)9-10-16(17)21(25)28-4/h6-12,18H,5H2,1-4H3,(H,22,23). The fourth-order valence-electron chi connectivity index (χ4n) is 2.55. The molecule has 29 heavy (non-hydrogen) atoms. The Kier molecular flexibility index (Phi) is 7.59.